The Morgan fingerprint density at radius 3 is 3.23 bits per heavy atom. The van der Waals surface area contributed by atoms with Crippen molar-refractivity contribution >= 4 is 18.1 Å². The summed E-state index contributed by atoms with van der Waals surface area (Å²) in [5.74, 6) is 2.81. The van der Waals surface area contributed by atoms with Crippen LogP contribution in [0.4, 0.5) is 0 Å². The van der Waals surface area contributed by atoms with E-state index in [0.29, 0.717) is 13.1 Å². The van der Waals surface area contributed by atoms with E-state index in [-0.39, 0.29) is 5.91 Å². The Morgan fingerprint density at radius 2 is 2.46 bits per heavy atom. The van der Waals surface area contributed by atoms with Gasteiger partial charge in [-0.25, -0.2) is 4.99 Å². The fourth-order valence-electron chi connectivity index (χ4n) is 1.36. The molecule has 13 heavy (non-hydrogen) atoms. The van der Waals surface area contributed by atoms with Crippen molar-refractivity contribution < 1.29 is 4.79 Å². The smallest absolute Gasteiger partial charge is 0.220 e. The molecule has 0 unspecified atom stereocenters. The van der Waals surface area contributed by atoms with Gasteiger partial charge >= 0.3 is 0 Å². The van der Waals surface area contributed by atoms with Gasteiger partial charge in [0.15, 0.2) is 0 Å². The predicted octanol–water partition coefficient (Wildman–Crippen LogP) is 0.370. The Labute approximate surface area is 76.0 Å². The maximum atomic E-state index is 11.1. The summed E-state index contributed by atoms with van der Waals surface area (Å²) in [4.78, 5) is 20.7. The first-order valence-electron chi connectivity index (χ1n) is 4.06. The summed E-state index contributed by atoms with van der Waals surface area (Å²) >= 11 is 0. The van der Waals surface area contributed by atoms with Gasteiger partial charge in [0.1, 0.15) is 6.34 Å². The van der Waals surface area contributed by atoms with E-state index in [1.807, 2.05) is 0 Å². The molecule has 0 atom stereocenters. The molecule has 2 heterocycles. The first-order valence-corrected chi connectivity index (χ1v) is 4.06. The van der Waals surface area contributed by atoms with Crippen LogP contribution in [0.2, 0.25) is 0 Å². The molecule has 0 radical (unpaired) electrons. The topological polar surface area (TPSA) is 45.0 Å². The molecule has 1 amide bonds. The summed E-state index contributed by atoms with van der Waals surface area (Å²) in [6.45, 7) is 2.78. The van der Waals surface area contributed by atoms with Gasteiger partial charge in [-0.05, 0) is 5.87 Å². The number of carbonyl (C=O) groups excluding carboxylic acids is 1. The van der Waals surface area contributed by atoms with Crippen LogP contribution in [0.3, 0.4) is 0 Å². The molecule has 0 N–H and O–H groups in total. The summed E-state index contributed by atoms with van der Waals surface area (Å²) in [5.41, 5.74) is 1.96. The molecule has 0 aromatic carbocycles. The molecule has 2 aliphatic heterocycles. The van der Waals surface area contributed by atoms with Crippen molar-refractivity contribution in [1.82, 2.24) is 4.90 Å². The Bertz CT molecular complexity index is 372. The quantitative estimate of drug-likeness (QED) is 0.524. The van der Waals surface area contributed by atoms with Gasteiger partial charge in [-0.2, -0.15) is 4.99 Å². The van der Waals surface area contributed by atoms with Gasteiger partial charge in [0, 0.05) is 25.1 Å². The SMILES string of the molecule is CC(=O)N1CC2=C(C1)N=CN=C=C2. The second kappa shape index (κ2) is 2.99. The van der Waals surface area contributed by atoms with E-state index in [9.17, 15) is 4.79 Å². The van der Waals surface area contributed by atoms with Crippen LogP contribution >= 0.6 is 0 Å². The summed E-state index contributed by atoms with van der Waals surface area (Å²) in [6, 6.07) is 0. The fraction of sp³-hybridized carbons (Fsp3) is 0.333. The van der Waals surface area contributed by atoms with Crippen molar-refractivity contribution in [1.29, 1.82) is 0 Å². The molecule has 0 saturated heterocycles. The third-order valence-corrected chi connectivity index (χ3v) is 2.10. The van der Waals surface area contributed by atoms with Crippen LogP contribution in [-0.4, -0.2) is 36.1 Å². The molecule has 0 spiro atoms. The Morgan fingerprint density at radius 1 is 1.62 bits per heavy atom. The summed E-state index contributed by atoms with van der Waals surface area (Å²) in [5, 5.41) is 0. The lowest BCUT2D eigenvalue weighted by Gasteiger charge is -2.12. The molecular formula is C9H9N3O. The van der Waals surface area contributed by atoms with Gasteiger partial charge in [0.25, 0.3) is 0 Å². The molecule has 4 nitrogen and oxygen atoms in total. The third kappa shape index (κ3) is 1.44. The molecule has 66 valence electrons. The number of amides is 1. The molecule has 0 bridgehead atoms. The van der Waals surface area contributed by atoms with Gasteiger partial charge in [-0.15, -0.1) is 0 Å². The Kier molecular flexibility index (Phi) is 1.83. The normalized spacial score (nSPS) is 19.3. The number of carbonyl (C=O) groups is 1. The van der Waals surface area contributed by atoms with Gasteiger partial charge in [-0.1, -0.05) is 0 Å². The van der Waals surface area contributed by atoms with Crippen molar-refractivity contribution in [2.45, 2.75) is 6.92 Å². The van der Waals surface area contributed by atoms with Crippen LogP contribution in [0.5, 0.6) is 0 Å². The van der Waals surface area contributed by atoms with Crippen molar-refractivity contribution in [3.05, 3.63) is 17.3 Å². The van der Waals surface area contributed by atoms with Crippen LogP contribution < -0.4 is 0 Å². The maximum Gasteiger partial charge on any atom is 0.220 e. The number of nitrogens with zero attached hydrogens (tertiary/aromatic N) is 3. The summed E-state index contributed by atoms with van der Waals surface area (Å²) in [6.07, 6.45) is 3.24. The molecule has 0 fully saturated rings. The van der Waals surface area contributed by atoms with E-state index in [2.05, 4.69) is 15.9 Å². The maximum absolute atomic E-state index is 11.1. The second-order valence-electron chi connectivity index (χ2n) is 2.99. The number of aliphatic imine (C=N–C) groups is 2. The van der Waals surface area contributed by atoms with Crippen LogP contribution in [0.15, 0.2) is 27.3 Å². The number of rotatable bonds is 0. The van der Waals surface area contributed by atoms with Crippen LogP contribution in [-0.2, 0) is 4.79 Å². The first-order chi connectivity index (χ1) is 6.27. The highest BCUT2D eigenvalue weighted by Crippen LogP contribution is 2.19. The van der Waals surface area contributed by atoms with Crippen molar-refractivity contribution in [3.8, 4) is 0 Å². The molecule has 4 heteroatoms. The lowest BCUT2D eigenvalue weighted by atomic mass is 10.2. The molecule has 0 aliphatic carbocycles. The van der Waals surface area contributed by atoms with Crippen molar-refractivity contribution in [3.63, 3.8) is 0 Å². The third-order valence-electron chi connectivity index (χ3n) is 2.10. The van der Waals surface area contributed by atoms with E-state index >= 15 is 0 Å². The second-order valence-corrected chi connectivity index (χ2v) is 2.99. The fourth-order valence-corrected chi connectivity index (χ4v) is 1.36. The summed E-state index contributed by atoms with van der Waals surface area (Å²) < 4.78 is 0. The van der Waals surface area contributed by atoms with Crippen molar-refractivity contribution in [2.24, 2.45) is 9.98 Å². The first kappa shape index (κ1) is 7.95. The lowest BCUT2D eigenvalue weighted by Crippen LogP contribution is -2.26. The molecule has 0 aromatic rings. The van der Waals surface area contributed by atoms with Crippen LogP contribution in [0.1, 0.15) is 6.92 Å². The number of hydrogen-bond donors (Lipinski definition) is 0. The van der Waals surface area contributed by atoms with E-state index in [1.165, 1.54) is 6.34 Å². The highest BCUT2D eigenvalue weighted by Gasteiger charge is 2.22. The molecule has 0 saturated carbocycles. The minimum Gasteiger partial charge on any atom is -0.333 e. The van der Waals surface area contributed by atoms with Gasteiger partial charge in [0.05, 0.1) is 12.2 Å². The average molecular weight is 175 g/mol. The zero-order valence-corrected chi connectivity index (χ0v) is 7.32. The van der Waals surface area contributed by atoms with E-state index in [1.54, 1.807) is 17.9 Å². The van der Waals surface area contributed by atoms with Gasteiger partial charge in [0.2, 0.25) is 5.91 Å². The van der Waals surface area contributed by atoms with Crippen molar-refractivity contribution in [2.75, 3.05) is 13.1 Å². The standard InChI is InChI=1S/C9H9N3O/c1-7(13)12-4-8-2-3-10-6-11-9(8)5-12/h2,6H,4-5H2,1H3. The van der Waals surface area contributed by atoms with E-state index in [4.69, 9.17) is 0 Å². The van der Waals surface area contributed by atoms with Crippen LogP contribution in [0.25, 0.3) is 0 Å². The van der Waals surface area contributed by atoms with Gasteiger partial charge < -0.3 is 4.90 Å². The largest absolute Gasteiger partial charge is 0.333 e. The number of hydrogen-bond acceptors (Lipinski definition) is 3. The van der Waals surface area contributed by atoms with Crippen LogP contribution in [0, 0.1) is 0 Å². The summed E-state index contributed by atoms with van der Waals surface area (Å²) in [7, 11) is 0. The molecule has 2 rings (SSSR count). The minimum absolute atomic E-state index is 0.0774. The highest BCUT2D eigenvalue weighted by atomic mass is 16.2. The molecular weight excluding hydrogens is 166 g/mol. The minimum atomic E-state index is 0.0774. The Hall–Kier alpha value is -1.67. The van der Waals surface area contributed by atoms with E-state index < -0.39 is 0 Å². The lowest BCUT2D eigenvalue weighted by molar-refractivity contribution is -0.127. The van der Waals surface area contributed by atoms with Gasteiger partial charge in [-0.3, -0.25) is 4.79 Å². The zero-order valence-electron chi connectivity index (χ0n) is 7.32. The zero-order chi connectivity index (χ0) is 9.26. The Balaban J connectivity index is 2.24. The molecule has 2 aliphatic rings. The van der Waals surface area contributed by atoms with E-state index in [0.717, 1.165) is 11.3 Å². The molecule has 0 aromatic heterocycles. The average Bonchev–Trinajstić information content (AvgIpc) is 2.38. The predicted molar refractivity (Wildman–Crippen MR) is 49.8 cm³/mol. The highest BCUT2D eigenvalue weighted by molar-refractivity contribution is 5.78. The monoisotopic (exact) mass is 175 g/mol.